The molecule has 3 N–H and O–H groups in total. The number of unbranched alkanes of at least 4 members (excludes halogenated alkanes) is 11. The molecule has 0 aliphatic heterocycles. The highest BCUT2D eigenvalue weighted by Gasteiger charge is 2.22. The van der Waals surface area contributed by atoms with Gasteiger partial charge in [-0.15, -0.1) is 0 Å². The molecule has 0 heterocycles. The Kier molecular flexibility index (Phi) is 16.2. The van der Waals surface area contributed by atoms with Crippen molar-refractivity contribution < 1.29 is 19.7 Å². The monoisotopic (exact) mass is 399 g/mol. The molecule has 5 nitrogen and oxygen atoms in total. The summed E-state index contributed by atoms with van der Waals surface area (Å²) in [5.74, 6) is 0. The van der Waals surface area contributed by atoms with E-state index >= 15 is 0 Å². The first kappa shape index (κ1) is 26.9. The third kappa shape index (κ3) is 17.1. The maximum absolute atomic E-state index is 11.7. The molecule has 1 amide bonds. The summed E-state index contributed by atoms with van der Waals surface area (Å²) in [6.45, 7) is 7.21. The van der Waals surface area contributed by atoms with E-state index in [9.17, 15) is 15.0 Å². The van der Waals surface area contributed by atoms with Gasteiger partial charge in [-0.05, 0) is 33.6 Å². The molecule has 0 aromatic rings. The SMILES string of the molecule is CCCCCCCCCCCCCC=C[C@@H](O)C(CO)NC(=O)OC(C)(C)C. The zero-order chi connectivity index (χ0) is 21.3. The molecule has 1 unspecified atom stereocenters. The first-order valence-corrected chi connectivity index (χ1v) is 11.2. The fraction of sp³-hybridized carbons (Fsp3) is 0.870. The Morgan fingerprint density at radius 2 is 1.46 bits per heavy atom. The van der Waals surface area contributed by atoms with E-state index in [1.165, 1.54) is 64.2 Å². The normalized spacial score (nSPS) is 14.2. The van der Waals surface area contributed by atoms with Crippen LogP contribution < -0.4 is 5.32 Å². The van der Waals surface area contributed by atoms with Crippen LogP contribution in [0, 0.1) is 0 Å². The molecule has 0 rings (SSSR count). The lowest BCUT2D eigenvalue weighted by atomic mass is 10.0. The summed E-state index contributed by atoms with van der Waals surface area (Å²) in [6, 6.07) is -0.761. The number of alkyl carbamates (subject to hydrolysis) is 1. The predicted molar refractivity (Wildman–Crippen MR) is 116 cm³/mol. The number of carbonyl (C=O) groups excluding carboxylic acids is 1. The van der Waals surface area contributed by atoms with Crippen LogP contribution in [0.25, 0.3) is 0 Å². The molecule has 0 fully saturated rings. The van der Waals surface area contributed by atoms with Crippen molar-refractivity contribution in [2.24, 2.45) is 0 Å². The van der Waals surface area contributed by atoms with E-state index in [1.807, 2.05) is 6.08 Å². The van der Waals surface area contributed by atoms with Crippen LogP contribution in [0.15, 0.2) is 12.2 Å². The van der Waals surface area contributed by atoms with Gasteiger partial charge in [0.05, 0.1) is 18.8 Å². The Bertz CT molecular complexity index is 404. The van der Waals surface area contributed by atoms with Crippen LogP contribution in [0.5, 0.6) is 0 Å². The van der Waals surface area contributed by atoms with Crippen LogP contribution in [-0.2, 0) is 4.74 Å². The van der Waals surface area contributed by atoms with E-state index in [2.05, 4.69) is 12.2 Å². The van der Waals surface area contributed by atoms with Crippen molar-refractivity contribution in [3.8, 4) is 0 Å². The molecule has 0 aromatic carbocycles. The number of carbonyl (C=O) groups is 1. The Labute approximate surface area is 172 Å². The summed E-state index contributed by atoms with van der Waals surface area (Å²) in [5.41, 5.74) is -0.611. The van der Waals surface area contributed by atoms with E-state index < -0.39 is 23.8 Å². The van der Waals surface area contributed by atoms with Crippen LogP contribution in [0.3, 0.4) is 0 Å². The van der Waals surface area contributed by atoms with Crippen LogP contribution in [0.2, 0.25) is 0 Å². The van der Waals surface area contributed by atoms with E-state index in [-0.39, 0.29) is 6.61 Å². The third-order valence-corrected chi connectivity index (χ3v) is 4.62. The molecular weight excluding hydrogens is 354 g/mol. The largest absolute Gasteiger partial charge is 0.444 e. The highest BCUT2D eigenvalue weighted by atomic mass is 16.6. The van der Waals surface area contributed by atoms with Crippen LogP contribution in [0.1, 0.15) is 105 Å². The second kappa shape index (κ2) is 16.8. The lowest BCUT2D eigenvalue weighted by Gasteiger charge is -2.24. The summed E-state index contributed by atoms with van der Waals surface area (Å²) in [5, 5.41) is 22.0. The molecule has 0 aliphatic carbocycles. The molecule has 0 aliphatic rings. The van der Waals surface area contributed by atoms with Crippen LogP contribution in [0.4, 0.5) is 4.79 Å². The number of amides is 1. The Morgan fingerprint density at radius 1 is 0.964 bits per heavy atom. The fourth-order valence-electron chi connectivity index (χ4n) is 2.99. The van der Waals surface area contributed by atoms with Gasteiger partial charge in [0.2, 0.25) is 0 Å². The highest BCUT2D eigenvalue weighted by molar-refractivity contribution is 5.68. The fourth-order valence-corrected chi connectivity index (χ4v) is 2.99. The highest BCUT2D eigenvalue weighted by Crippen LogP contribution is 2.12. The number of aliphatic hydroxyl groups excluding tert-OH is 2. The van der Waals surface area contributed by atoms with Crippen molar-refractivity contribution in [1.29, 1.82) is 0 Å². The maximum Gasteiger partial charge on any atom is 0.408 e. The van der Waals surface area contributed by atoms with Crippen LogP contribution in [-0.4, -0.2) is 40.7 Å². The van der Waals surface area contributed by atoms with Gasteiger partial charge >= 0.3 is 6.09 Å². The van der Waals surface area contributed by atoms with Crippen molar-refractivity contribution in [3.05, 3.63) is 12.2 Å². The zero-order valence-electron chi connectivity index (χ0n) is 18.7. The molecule has 166 valence electrons. The topological polar surface area (TPSA) is 78.8 Å². The van der Waals surface area contributed by atoms with Gasteiger partial charge in [0.15, 0.2) is 0 Å². The molecular formula is C23H45NO4. The van der Waals surface area contributed by atoms with Crippen molar-refractivity contribution in [2.45, 2.75) is 122 Å². The molecule has 0 saturated heterocycles. The lowest BCUT2D eigenvalue weighted by molar-refractivity contribution is 0.0405. The van der Waals surface area contributed by atoms with Gasteiger partial charge in [0.25, 0.3) is 0 Å². The number of aliphatic hydroxyl groups is 2. The zero-order valence-corrected chi connectivity index (χ0v) is 18.7. The number of hydrogen-bond donors (Lipinski definition) is 3. The number of hydrogen-bond acceptors (Lipinski definition) is 4. The molecule has 5 heteroatoms. The number of rotatable bonds is 16. The Hall–Kier alpha value is -1.07. The second-order valence-corrected chi connectivity index (χ2v) is 8.68. The molecule has 28 heavy (non-hydrogen) atoms. The predicted octanol–water partition coefficient (Wildman–Crippen LogP) is 5.49. The second-order valence-electron chi connectivity index (χ2n) is 8.68. The minimum atomic E-state index is -0.926. The van der Waals surface area contributed by atoms with Crippen molar-refractivity contribution in [3.63, 3.8) is 0 Å². The van der Waals surface area contributed by atoms with Crippen molar-refractivity contribution in [2.75, 3.05) is 6.61 Å². The first-order valence-electron chi connectivity index (χ1n) is 11.2. The molecule has 0 radical (unpaired) electrons. The summed E-state index contributed by atoms with van der Waals surface area (Å²) < 4.78 is 5.15. The van der Waals surface area contributed by atoms with Gasteiger partial charge in [-0.1, -0.05) is 83.3 Å². The van der Waals surface area contributed by atoms with Gasteiger partial charge in [0.1, 0.15) is 5.60 Å². The average molecular weight is 400 g/mol. The third-order valence-electron chi connectivity index (χ3n) is 4.62. The standard InChI is InChI=1S/C23H45NO4/c1-5-6-7-8-9-10-11-12-13-14-15-16-17-18-21(26)20(19-25)24-22(27)28-23(2,3)4/h17-18,20-21,25-26H,5-16,19H2,1-4H3,(H,24,27)/t20?,21-/m1/s1. The molecule has 2 atom stereocenters. The Morgan fingerprint density at radius 3 is 1.93 bits per heavy atom. The van der Waals surface area contributed by atoms with Gasteiger partial charge in [-0.2, -0.15) is 0 Å². The van der Waals surface area contributed by atoms with E-state index in [0.29, 0.717) is 0 Å². The average Bonchev–Trinajstić information content (AvgIpc) is 2.61. The Balaban J connectivity index is 3.75. The molecule has 0 bridgehead atoms. The summed E-state index contributed by atoms with van der Waals surface area (Å²) >= 11 is 0. The summed E-state index contributed by atoms with van der Waals surface area (Å²) in [6.07, 6.45) is 17.3. The minimum Gasteiger partial charge on any atom is -0.444 e. The van der Waals surface area contributed by atoms with Gasteiger partial charge in [-0.25, -0.2) is 4.79 Å². The van der Waals surface area contributed by atoms with Gasteiger partial charge < -0.3 is 20.3 Å². The maximum atomic E-state index is 11.7. The van der Waals surface area contributed by atoms with Crippen molar-refractivity contribution >= 4 is 6.09 Å². The molecule has 0 aromatic heterocycles. The molecule has 0 spiro atoms. The molecule has 0 saturated carbocycles. The quantitative estimate of drug-likeness (QED) is 0.237. The lowest BCUT2D eigenvalue weighted by Crippen LogP contribution is -2.47. The van der Waals surface area contributed by atoms with Crippen LogP contribution >= 0.6 is 0 Å². The summed E-state index contributed by atoms with van der Waals surface area (Å²) in [4.78, 5) is 11.7. The minimum absolute atomic E-state index is 0.344. The van der Waals surface area contributed by atoms with Crippen molar-refractivity contribution in [1.82, 2.24) is 5.32 Å². The number of allylic oxidation sites excluding steroid dienone is 1. The number of ether oxygens (including phenoxy) is 1. The van der Waals surface area contributed by atoms with E-state index in [1.54, 1.807) is 26.8 Å². The number of nitrogens with one attached hydrogen (secondary N) is 1. The van der Waals surface area contributed by atoms with Gasteiger partial charge in [0, 0.05) is 0 Å². The summed E-state index contributed by atoms with van der Waals surface area (Å²) in [7, 11) is 0. The van der Waals surface area contributed by atoms with Gasteiger partial charge in [-0.3, -0.25) is 0 Å². The van der Waals surface area contributed by atoms with E-state index in [0.717, 1.165) is 12.8 Å². The smallest absolute Gasteiger partial charge is 0.408 e. The van der Waals surface area contributed by atoms with E-state index in [4.69, 9.17) is 4.74 Å². The first-order chi connectivity index (χ1) is 13.3.